The first-order valence-electron chi connectivity index (χ1n) is 5.47. The molecule has 0 aliphatic heterocycles. The van der Waals surface area contributed by atoms with E-state index in [4.69, 9.17) is 21.6 Å². The van der Waals surface area contributed by atoms with Gasteiger partial charge in [-0.25, -0.2) is 0 Å². The summed E-state index contributed by atoms with van der Waals surface area (Å²) in [5.74, 6) is 1.32. The number of thiophene rings is 1. The molecular weight excluding hydrogens is 280 g/mol. The normalized spacial score (nSPS) is 10.3. The monoisotopic (exact) mass is 286 g/mol. The molecule has 0 spiro atoms. The molecule has 0 saturated heterocycles. The van der Waals surface area contributed by atoms with Gasteiger partial charge in [-0.05, 0) is 30.3 Å². The number of hydrogen-bond acceptors (Lipinski definition) is 4. The molecule has 5 heteroatoms. The lowest BCUT2D eigenvalue weighted by molar-refractivity contribution is 0.486. The lowest BCUT2D eigenvalue weighted by Crippen LogP contribution is -1.85. The van der Waals surface area contributed by atoms with Crippen molar-refractivity contribution in [1.29, 1.82) is 5.26 Å². The summed E-state index contributed by atoms with van der Waals surface area (Å²) < 4.78 is 6.71. The van der Waals surface area contributed by atoms with Crippen LogP contribution in [-0.4, -0.2) is 4.98 Å². The van der Waals surface area contributed by atoms with Gasteiger partial charge in [0.05, 0.1) is 10.9 Å². The lowest BCUT2D eigenvalue weighted by atomic mass is 10.3. The van der Waals surface area contributed by atoms with Crippen molar-refractivity contribution in [3.05, 3.63) is 52.6 Å². The van der Waals surface area contributed by atoms with Crippen LogP contribution in [-0.2, 0) is 0 Å². The second-order valence-corrected chi connectivity index (χ2v) is 5.35. The Morgan fingerprint density at radius 3 is 2.74 bits per heavy atom. The lowest BCUT2D eigenvalue weighted by Gasteiger charge is -2.06. The van der Waals surface area contributed by atoms with Crippen molar-refractivity contribution in [2.24, 2.45) is 0 Å². The molecule has 19 heavy (non-hydrogen) atoms. The first kappa shape index (κ1) is 12.0. The highest BCUT2D eigenvalue weighted by Crippen LogP contribution is 2.34. The number of halogens is 1. The zero-order valence-corrected chi connectivity index (χ0v) is 11.2. The fraction of sp³-hybridized carbons (Fsp3) is 0. The summed E-state index contributed by atoms with van der Waals surface area (Å²) in [5, 5.41) is 10.5. The van der Waals surface area contributed by atoms with E-state index in [0.29, 0.717) is 21.4 Å². The summed E-state index contributed by atoms with van der Waals surface area (Å²) in [4.78, 5) is 4.77. The highest BCUT2D eigenvalue weighted by Gasteiger charge is 2.08. The predicted octanol–water partition coefficient (Wildman–Crippen LogP) is 4.61. The minimum Gasteiger partial charge on any atom is -0.455 e. The molecule has 0 aliphatic rings. The summed E-state index contributed by atoms with van der Waals surface area (Å²) in [5.41, 5.74) is 0. The van der Waals surface area contributed by atoms with E-state index in [1.54, 1.807) is 36.7 Å². The van der Waals surface area contributed by atoms with Crippen molar-refractivity contribution >= 4 is 33.0 Å². The fourth-order valence-corrected chi connectivity index (χ4v) is 2.67. The Kier molecular flexibility index (Phi) is 3.08. The standard InChI is InChI=1S/C14H7ClN2OS/c15-9-1-3-10(4-2-9)18-13-7-17-8-14-12(13)5-11(6-16)19-14/h1-5,7-8H. The van der Waals surface area contributed by atoms with E-state index in [1.165, 1.54) is 11.3 Å². The third-order valence-corrected chi connectivity index (χ3v) is 3.79. The number of nitriles is 1. The number of nitrogens with zero attached hydrogens (tertiary/aromatic N) is 2. The molecule has 0 amide bonds. The number of benzene rings is 1. The van der Waals surface area contributed by atoms with Gasteiger partial charge in [-0.1, -0.05) is 11.6 Å². The first-order valence-corrected chi connectivity index (χ1v) is 6.67. The average Bonchev–Trinajstić information content (AvgIpc) is 2.85. The van der Waals surface area contributed by atoms with E-state index >= 15 is 0 Å². The molecule has 0 saturated carbocycles. The van der Waals surface area contributed by atoms with Crippen LogP contribution in [0.1, 0.15) is 4.88 Å². The van der Waals surface area contributed by atoms with Crippen molar-refractivity contribution in [3.8, 4) is 17.6 Å². The quantitative estimate of drug-likeness (QED) is 0.691. The number of pyridine rings is 1. The number of aromatic nitrogens is 1. The molecule has 1 aromatic carbocycles. The van der Waals surface area contributed by atoms with Gasteiger partial charge < -0.3 is 4.74 Å². The number of rotatable bonds is 2. The van der Waals surface area contributed by atoms with Crippen LogP contribution in [0.15, 0.2) is 42.7 Å². The van der Waals surface area contributed by atoms with Crippen LogP contribution in [0.2, 0.25) is 5.02 Å². The number of hydrogen-bond donors (Lipinski definition) is 0. The number of fused-ring (bicyclic) bond motifs is 1. The molecule has 2 aromatic heterocycles. The summed E-state index contributed by atoms with van der Waals surface area (Å²) in [7, 11) is 0. The second-order valence-electron chi connectivity index (χ2n) is 3.83. The van der Waals surface area contributed by atoms with E-state index in [2.05, 4.69) is 11.1 Å². The first-order chi connectivity index (χ1) is 9.26. The molecule has 0 N–H and O–H groups in total. The SMILES string of the molecule is N#Cc1cc2c(Oc3ccc(Cl)cc3)cncc2s1. The van der Waals surface area contributed by atoms with Crippen molar-refractivity contribution in [3.63, 3.8) is 0 Å². The van der Waals surface area contributed by atoms with Crippen molar-refractivity contribution < 1.29 is 4.74 Å². The van der Waals surface area contributed by atoms with Crippen LogP contribution in [0.4, 0.5) is 0 Å². The molecule has 92 valence electrons. The highest BCUT2D eigenvalue weighted by atomic mass is 35.5. The molecule has 3 aromatic rings. The van der Waals surface area contributed by atoms with Gasteiger partial charge in [0.1, 0.15) is 16.7 Å². The summed E-state index contributed by atoms with van der Waals surface area (Å²) >= 11 is 7.23. The smallest absolute Gasteiger partial charge is 0.154 e. The Labute approximate surface area is 118 Å². The van der Waals surface area contributed by atoms with Crippen LogP contribution in [0.3, 0.4) is 0 Å². The molecule has 0 aliphatic carbocycles. The van der Waals surface area contributed by atoms with Crippen LogP contribution in [0.25, 0.3) is 10.1 Å². The van der Waals surface area contributed by atoms with E-state index in [-0.39, 0.29) is 0 Å². The fourth-order valence-electron chi connectivity index (χ4n) is 1.70. The van der Waals surface area contributed by atoms with Gasteiger partial charge in [-0.3, -0.25) is 4.98 Å². The predicted molar refractivity (Wildman–Crippen MR) is 75.9 cm³/mol. The molecule has 0 bridgehead atoms. The summed E-state index contributed by atoms with van der Waals surface area (Å²) in [6.07, 6.45) is 3.38. The average molecular weight is 287 g/mol. The molecule has 2 heterocycles. The third-order valence-electron chi connectivity index (χ3n) is 2.56. The molecule has 0 radical (unpaired) electrons. The maximum atomic E-state index is 8.93. The Bertz CT molecular complexity index is 774. The molecule has 0 fully saturated rings. The van der Waals surface area contributed by atoms with Gasteiger partial charge in [0.25, 0.3) is 0 Å². The minimum atomic E-state index is 0.637. The van der Waals surface area contributed by atoms with Gasteiger partial charge in [-0.2, -0.15) is 5.26 Å². The molecule has 3 nitrogen and oxygen atoms in total. The van der Waals surface area contributed by atoms with E-state index in [0.717, 1.165) is 10.1 Å². The summed E-state index contributed by atoms with van der Waals surface area (Å²) in [6, 6.07) is 11.1. The summed E-state index contributed by atoms with van der Waals surface area (Å²) in [6.45, 7) is 0. The van der Waals surface area contributed by atoms with Crippen molar-refractivity contribution in [2.45, 2.75) is 0 Å². The maximum Gasteiger partial charge on any atom is 0.154 e. The third kappa shape index (κ3) is 2.39. The van der Waals surface area contributed by atoms with Gasteiger partial charge >= 0.3 is 0 Å². The van der Waals surface area contributed by atoms with E-state index in [9.17, 15) is 0 Å². The zero-order chi connectivity index (χ0) is 13.2. The zero-order valence-electron chi connectivity index (χ0n) is 9.63. The van der Waals surface area contributed by atoms with Gasteiger partial charge in [0.15, 0.2) is 5.75 Å². The Balaban J connectivity index is 2.03. The Morgan fingerprint density at radius 1 is 1.21 bits per heavy atom. The number of ether oxygens (including phenoxy) is 1. The topological polar surface area (TPSA) is 45.9 Å². The molecular formula is C14H7ClN2OS. The molecule has 0 atom stereocenters. The molecule has 0 unspecified atom stereocenters. The van der Waals surface area contributed by atoms with Crippen LogP contribution in [0, 0.1) is 11.3 Å². The molecule has 3 rings (SSSR count). The van der Waals surface area contributed by atoms with Crippen LogP contribution >= 0.6 is 22.9 Å². The van der Waals surface area contributed by atoms with E-state index < -0.39 is 0 Å². The van der Waals surface area contributed by atoms with Gasteiger partial charge in [0, 0.05) is 16.6 Å². The maximum absolute atomic E-state index is 8.93. The van der Waals surface area contributed by atoms with Crippen molar-refractivity contribution in [2.75, 3.05) is 0 Å². The Hall–Kier alpha value is -2.09. The van der Waals surface area contributed by atoms with Gasteiger partial charge in [0.2, 0.25) is 0 Å². The van der Waals surface area contributed by atoms with Gasteiger partial charge in [-0.15, -0.1) is 11.3 Å². The largest absolute Gasteiger partial charge is 0.455 e. The minimum absolute atomic E-state index is 0.637. The Morgan fingerprint density at radius 2 is 2.00 bits per heavy atom. The second kappa shape index (κ2) is 4.88. The van der Waals surface area contributed by atoms with E-state index in [1.807, 2.05) is 6.07 Å². The highest BCUT2D eigenvalue weighted by molar-refractivity contribution is 7.19. The van der Waals surface area contributed by atoms with Crippen LogP contribution in [0.5, 0.6) is 11.5 Å². The van der Waals surface area contributed by atoms with Crippen LogP contribution < -0.4 is 4.74 Å². The van der Waals surface area contributed by atoms with Crippen molar-refractivity contribution in [1.82, 2.24) is 4.98 Å².